The third-order valence-corrected chi connectivity index (χ3v) is 4.35. The van der Waals surface area contributed by atoms with E-state index in [2.05, 4.69) is 33.9 Å². The van der Waals surface area contributed by atoms with Gasteiger partial charge in [0, 0.05) is 0 Å². The molecular weight excluding hydrogens is 302 g/mol. The summed E-state index contributed by atoms with van der Waals surface area (Å²) in [6.45, 7) is 0. The monoisotopic (exact) mass is 314 g/mol. The predicted molar refractivity (Wildman–Crippen MR) is 63.0 cm³/mol. The van der Waals surface area contributed by atoms with E-state index in [9.17, 15) is 0 Å². The molecule has 0 unspecified atom stereocenters. The van der Waals surface area contributed by atoms with Gasteiger partial charge in [-0.1, -0.05) is 0 Å². The fourth-order valence-corrected chi connectivity index (χ4v) is 3.26. The Morgan fingerprint density at radius 2 is 1.36 bits per heavy atom. The van der Waals surface area contributed by atoms with Crippen LogP contribution in [0.4, 0.5) is 0 Å². The molecule has 0 amide bonds. The molecule has 0 nitrogen and oxygen atoms in total. The van der Waals surface area contributed by atoms with E-state index in [-0.39, 0.29) is 0 Å². The van der Waals surface area contributed by atoms with Gasteiger partial charge in [-0.2, -0.15) is 0 Å². The van der Waals surface area contributed by atoms with E-state index in [0.29, 0.717) is 29.9 Å². The van der Waals surface area contributed by atoms with E-state index in [4.69, 9.17) is 12.8 Å². The molecule has 2 heteroatoms. The molecule has 0 aliphatic heterocycles. The van der Waals surface area contributed by atoms with E-state index in [1.54, 1.807) is 0 Å². The van der Waals surface area contributed by atoms with Crippen LogP contribution in [0.3, 0.4) is 0 Å². The van der Waals surface area contributed by atoms with Crippen LogP contribution in [0.1, 0.15) is 11.1 Å². The molecule has 70 valence electrons. The summed E-state index contributed by atoms with van der Waals surface area (Å²) < 4.78 is 0. The number of terminal acetylenes is 2. The minimum absolute atomic E-state index is 0.291. The molecular formula is C12H10Se2. The van der Waals surface area contributed by atoms with Gasteiger partial charge in [0.1, 0.15) is 0 Å². The second-order valence-electron chi connectivity index (χ2n) is 2.58. The summed E-state index contributed by atoms with van der Waals surface area (Å²) in [6.07, 6.45) is 10.6. The molecule has 1 aromatic carbocycles. The average molecular weight is 312 g/mol. The first-order valence-corrected chi connectivity index (χ1v) is 8.23. The summed E-state index contributed by atoms with van der Waals surface area (Å²) >= 11 is 0.582. The summed E-state index contributed by atoms with van der Waals surface area (Å²) in [7, 11) is 0. The Balaban J connectivity index is 2.71. The SMILES string of the molecule is C#C[Se]Cc1ccccc1C[Se]C#C. The zero-order chi connectivity index (χ0) is 10.2. The first-order valence-electron chi connectivity index (χ1n) is 4.10. The van der Waals surface area contributed by atoms with Crippen molar-refractivity contribution in [2.24, 2.45) is 0 Å². The van der Waals surface area contributed by atoms with Crippen molar-refractivity contribution in [2.45, 2.75) is 10.6 Å². The average Bonchev–Trinajstić information content (AvgIpc) is 2.24. The molecule has 0 aliphatic rings. The second-order valence-corrected chi connectivity index (χ2v) is 5.99. The Hall–Kier alpha value is -0.621. The van der Waals surface area contributed by atoms with Crippen molar-refractivity contribution >= 4 is 29.9 Å². The number of rotatable bonds is 4. The van der Waals surface area contributed by atoms with Gasteiger partial charge < -0.3 is 0 Å². The van der Waals surface area contributed by atoms with Gasteiger partial charge >= 0.3 is 98.4 Å². The maximum atomic E-state index is 5.28. The molecule has 0 bridgehead atoms. The molecule has 1 aromatic rings. The van der Waals surface area contributed by atoms with Gasteiger partial charge in [-0.3, -0.25) is 0 Å². The first kappa shape index (κ1) is 11.5. The van der Waals surface area contributed by atoms with Gasteiger partial charge in [0.25, 0.3) is 0 Å². The molecule has 0 aromatic heterocycles. The number of benzene rings is 1. The van der Waals surface area contributed by atoms with Crippen LogP contribution in [-0.2, 0) is 10.6 Å². The van der Waals surface area contributed by atoms with E-state index < -0.39 is 0 Å². The van der Waals surface area contributed by atoms with Gasteiger partial charge in [0.15, 0.2) is 0 Å². The quantitative estimate of drug-likeness (QED) is 0.580. The molecule has 0 atom stereocenters. The molecule has 0 spiro atoms. The topological polar surface area (TPSA) is 0 Å². The zero-order valence-electron chi connectivity index (χ0n) is 7.69. The van der Waals surface area contributed by atoms with Crippen molar-refractivity contribution in [3.8, 4) is 22.5 Å². The molecule has 14 heavy (non-hydrogen) atoms. The summed E-state index contributed by atoms with van der Waals surface area (Å²) in [5.74, 6) is 0. The van der Waals surface area contributed by atoms with Crippen LogP contribution in [0.2, 0.25) is 0 Å². The summed E-state index contributed by atoms with van der Waals surface area (Å²) in [5.41, 5.74) is 2.75. The van der Waals surface area contributed by atoms with Crippen LogP contribution in [0, 0.1) is 22.5 Å². The van der Waals surface area contributed by atoms with Crippen molar-refractivity contribution in [3.63, 3.8) is 0 Å². The van der Waals surface area contributed by atoms with Crippen molar-refractivity contribution in [1.82, 2.24) is 0 Å². The fourth-order valence-electron chi connectivity index (χ4n) is 1.08. The Morgan fingerprint density at radius 3 is 1.71 bits per heavy atom. The van der Waals surface area contributed by atoms with Crippen molar-refractivity contribution in [1.29, 1.82) is 0 Å². The fraction of sp³-hybridized carbons (Fsp3) is 0.167. The normalized spacial score (nSPS) is 9.00. The summed E-state index contributed by atoms with van der Waals surface area (Å²) in [4.78, 5) is 5.45. The first-order chi connectivity index (χ1) is 6.88. The number of hydrogen-bond acceptors (Lipinski definition) is 0. The molecule has 0 saturated carbocycles. The van der Waals surface area contributed by atoms with Gasteiger partial charge in [0.05, 0.1) is 0 Å². The molecule has 1 rings (SSSR count). The van der Waals surface area contributed by atoms with Gasteiger partial charge in [0.2, 0.25) is 0 Å². The Morgan fingerprint density at radius 1 is 0.929 bits per heavy atom. The standard InChI is InChI=1S/C12H10Se2/c1-3-13-9-11-7-5-6-8-12(11)10-14-4-2/h1-2,5-8H,9-10H2. The van der Waals surface area contributed by atoms with E-state index in [0.717, 1.165) is 10.6 Å². The van der Waals surface area contributed by atoms with Crippen LogP contribution in [0.15, 0.2) is 24.3 Å². The molecule has 0 radical (unpaired) electrons. The van der Waals surface area contributed by atoms with E-state index >= 15 is 0 Å². The number of hydrogen-bond donors (Lipinski definition) is 0. The van der Waals surface area contributed by atoms with E-state index in [1.807, 2.05) is 0 Å². The van der Waals surface area contributed by atoms with Gasteiger partial charge in [-0.25, -0.2) is 0 Å². The predicted octanol–water partition coefficient (Wildman–Crippen LogP) is 1.28. The van der Waals surface area contributed by atoms with Crippen molar-refractivity contribution < 1.29 is 0 Å². The molecule has 0 heterocycles. The summed E-state index contributed by atoms with van der Waals surface area (Å²) in [6, 6.07) is 8.44. The Kier molecular flexibility index (Phi) is 5.54. The molecule has 0 N–H and O–H groups in total. The van der Waals surface area contributed by atoms with Gasteiger partial charge in [-0.05, 0) is 0 Å². The van der Waals surface area contributed by atoms with Crippen LogP contribution in [0.5, 0.6) is 0 Å². The summed E-state index contributed by atoms with van der Waals surface area (Å²) in [5, 5.41) is 2.06. The van der Waals surface area contributed by atoms with Crippen LogP contribution in [0.25, 0.3) is 0 Å². The van der Waals surface area contributed by atoms with Crippen LogP contribution in [-0.4, -0.2) is 29.9 Å². The molecule has 0 fully saturated rings. The van der Waals surface area contributed by atoms with Crippen molar-refractivity contribution in [3.05, 3.63) is 35.4 Å². The van der Waals surface area contributed by atoms with Crippen LogP contribution >= 0.6 is 0 Å². The Labute approximate surface area is 98.2 Å². The van der Waals surface area contributed by atoms with Crippen LogP contribution < -0.4 is 0 Å². The van der Waals surface area contributed by atoms with Gasteiger partial charge in [-0.15, -0.1) is 0 Å². The van der Waals surface area contributed by atoms with E-state index in [1.165, 1.54) is 11.1 Å². The second kappa shape index (κ2) is 6.78. The third kappa shape index (κ3) is 3.63. The minimum atomic E-state index is 0.291. The maximum absolute atomic E-state index is 5.28. The molecule has 0 saturated heterocycles. The third-order valence-electron chi connectivity index (χ3n) is 1.74. The van der Waals surface area contributed by atoms with Crippen molar-refractivity contribution in [2.75, 3.05) is 0 Å². The molecule has 0 aliphatic carbocycles. The Bertz CT molecular complexity index is 332. The zero-order valence-corrected chi connectivity index (χ0v) is 11.1.